The zero-order chi connectivity index (χ0) is 15.2. The SMILES string of the molecule is C[C@@H](NCC(=O)Nc1ccccc1F)c1cccc(Br)c1. The number of hydrogen-bond donors (Lipinski definition) is 2. The van der Waals surface area contributed by atoms with Crippen molar-refractivity contribution in [1.29, 1.82) is 0 Å². The largest absolute Gasteiger partial charge is 0.322 e. The topological polar surface area (TPSA) is 41.1 Å². The second-order valence-corrected chi connectivity index (χ2v) is 5.60. The van der Waals surface area contributed by atoms with Crippen LogP contribution in [-0.2, 0) is 4.79 Å². The van der Waals surface area contributed by atoms with Gasteiger partial charge in [0.2, 0.25) is 5.91 Å². The van der Waals surface area contributed by atoms with Gasteiger partial charge in [0.25, 0.3) is 0 Å². The number of amides is 1. The maximum atomic E-state index is 13.4. The lowest BCUT2D eigenvalue weighted by molar-refractivity contribution is -0.115. The maximum absolute atomic E-state index is 13.4. The van der Waals surface area contributed by atoms with Gasteiger partial charge in [-0.2, -0.15) is 0 Å². The molecule has 110 valence electrons. The molecule has 0 aromatic heterocycles. The van der Waals surface area contributed by atoms with Crippen molar-refractivity contribution in [3.8, 4) is 0 Å². The first kappa shape index (κ1) is 15.7. The third-order valence-corrected chi connectivity index (χ3v) is 3.56. The molecule has 0 radical (unpaired) electrons. The molecular formula is C16H16BrFN2O. The molecule has 0 bridgehead atoms. The smallest absolute Gasteiger partial charge is 0.238 e. The number of benzene rings is 2. The summed E-state index contributed by atoms with van der Waals surface area (Å²) in [7, 11) is 0. The predicted octanol–water partition coefficient (Wildman–Crippen LogP) is 3.88. The predicted molar refractivity (Wildman–Crippen MR) is 85.6 cm³/mol. The molecule has 0 unspecified atom stereocenters. The molecule has 0 aliphatic rings. The van der Waals surface area contributed by atoms with E-state index in [1.165, 1.54) is 12.1 Å². The van der Waals surface area contributed by atoms with Gasteiger partial charge in [-0.25, -0.2) is 4.39 Å². The number of nitrogens with one attached hydrogen (secondary N) is 2. The molecule has 0 saturated carbocycles. The molecule has 0 aliphatic carbocycles. The molecule has 0 saturated heterocycles. The van der Waals surface area contributed by atoms with Crippen molar-refractivity contribution in [1.82, 2.24) is 5.32 Å². The van der Waals surface area contributed by atoms with Crippen LogP contribution in [-0.4, -0.2) is 12.5 Å². The van der Waals surface area contributed by atoms with Gasteiger partial charge in [-0.15, -0.1) is 0 Å². The summed E-state index contributed by atoms with van der Waals surface area (Å²) < 4.78 is 14.4. The van der Waals surface area contributed by atoms with E-state index >= 15 is 0 Å². The molecule has 0 aliphatic heterocycles. The third kappa shape index (κ3) is 4.65. The van der Waals surface area contributed by atoms with Crippen molar-refractivity contribution in [3.05, 3.63) is 64.4 Å². The van der Waals surface area contributed by atoms with Gasteiger partial charge in [-0.3, -0.25) is 4.79 Å². The molecule has 2 rings (SSSR count). The van der Waals surface area contributed by atoms with Crippen molar-refractivity contribution < 1.29 is 9.18 Å². The third-order valence-electron chi connectivity index (χ3n) is 3.07. The summed E-state index contributed by atoms with van der Waals surface area (Å²) in [5, 5.41) is 5.65. The van der Waals surface area contributed by atoms with E-state index in [4.69, 9.17) is 0 Å². The number of hydrogen-bond acceptors (Lipinski definition) is 2. The second kappa shape index (κ2) is 7.33. The number of anilines is 1. The van der Waals surface area contributed by atoms with Crippen LogP contribution < -0.4 is 10.6 Å². The normalized spacial score (nSPS) is 12.0. The molecule has 0 heterocycles. The van der Waals surface area contributed by atoms with Crippen LogP contribution in [0.5, 0.6) is 0 Å². The van der Waals surface area contributed by atoms with E-state index in [2.05, 4.69) is 26.6 Å². The minimum absolute atomic E-state index is 0.0221. The molecule has 1 amide bonds. The van der Waals surface area contributed by atoms with E-state index in [-0.39, 0.29) is 24.2 Å². The number of rotatable bonds is 5. The quantitative estimate of drug-likeness (QED) is 0.859. The van der Waals surface area contributed by atoms with Crippen LogP contribution in [0, 0.1) is 5.82 Å². The number of carbonyl (C=O) groups excluding carboxylic acids is 1. The molecule has 0 fully saturated rings. The van der Waals surface area contributed by atoms with Crippen LogP contribution in [0.4, 0.5) is 10.1 Å². The highest BCUT2D eigenvalue weighted by Crippen LogP contribution is 2.17. The minimum Gasteiger partial charge on any atom is -0.322 e. The summed E-state index contributed by atoms with van der Waals surface area (Å²) in [6, 6.07) is 14.0. The summed E-state index contributed by atoms with van der Waals surface area (Å²) in [5.41, 5.74) is 1.27. The Morgan fingerprint density at radius 1 is 1.24 bits per heavy atom. The average Bonchev–Trinajstić information content (AvgIpc) is 2.47. The standard InChI is InChI=1S/C16H16BrFN2O/c1-11(12-5-4-6-13(17)9-12)19-10-16(21)20-15-8-3-2-7-14(15)18/h2-9,11,19H,10H2,1H3,(H,20,21)/t11-/m1/s1. The molecule has 2 aromatic carbocycles. The van der Waals surface area contributed by atoms with Gasteiger partial charge in [-0.05, 0) is 36.8 Å². The number of para-hydroxylation sites is 1. The molecule has 21 heavy (non-hydrogen) atoms. The van der Waals surface area contributed by atoms with Crippen molar-refractivity contribution in [2.45, 2.75) is 13.0 Å². The van der Waals surface area contributed by atoms with Crippen LogP contribution in [0.15, 0.2) is 53.0 Å². The summed E-state index contributed by atoms with van der Waals surface area (Å²) in [6.45, 7) is 2.08. The Morgan fingerprint density at radius 2 is 2.00 bits per heavy atom. The summed E-state index contributed by atoms with van der Waals surface area (Å²) >= 11 is 3.41. The molecule has 1 atom stereocenters. The molecule has 5 heteroatoms. The summed E-state index contributed by atoms with van der Waals surface area (Å²) in [6.07, 6.45) is 0. The van der Waals surface area contributed by atoms with Gasteiger partial charge < -0.3 is 10.6 Å². The van der Waals surface area contributed by atoms with Crippen molar-refractivity contribution in [3.63, 3.8) is 0 Å². The first-order chi connectivity index (χ1) is 10.1. The first-order valence-electron chi connectivity index (χ1n) is 6.59. The molecule has 2 N–H and O–H groups in total. The van der Waals surface area contributed by atoms with Crippen molar-refractivity contribution in [2.75, 3.05) is 11.9 Å². The van der Waals surface area contributed by atoms with Gasteiger partial charge in [0.15, 0.2) is 0 Å². The molecule has 2 aromatic rings. The van der Waals surface area contributed by atoms with Crippen LogP contribution in [0.1, 0.15) is 18.5 Å². The Labute approximate surface area is 131 Å². The van der Waals surface area contributed by atoms with E-state index in [9.17, 15) is 9.18 Å². The highest BCUT2D eigenvalue weighted by Gasteiger charge is 2.09. The minimum atomic E-state index is -0.439. The fourth-order valence-corrected chi connectivity index (χ4v) is 2.31. The van der Waals surface area contributed by atoms with E-state index in [1.807, 2.05) is 31.2 Å². The zero-order valence-corrected chi connectivity index (χ0v) is 13.2. The fraction of sp³-hybridized carbons (Fsp3) is 0.188. The number of halogens is 2. The van der Waals surface area contributed by atoms with Crippen molar-refractivity contribution >= 4 is 27.5 Å². The lowest BCUT2D eigenvalue weighted by Gasteiger charge is -2.14. The molecule has 3 nitrogen and oxygen atoms in total. The van der Waals surface area contributed by atoms with Gasteiger partial charge in [-0.1, -0.05) is 40.2 Å². The Bertz CT molecular complexity index is 633. The van der Waals surface area contributed by atoms with E-state index < -0.39 is 5.82 Å². The number of carbonyl (C=O) groups is 1. The van der Waals surface area contributed by atoms with Crippen LogP contribution in [0.3, 0.4) is 0 Å². The first-order valence-corrected chi connectivity index (χ1v) is 7.39. The lowest BCUT2D eigenvalue weighted by Crippen LogP contribution is -2.30. The average molecular weight is 351 g/mol. The Hall–Kier alpha value is -1.72. The van der Waals surface area contributed by atoms with Crippen LogP contribution in [0.25, 0.3) is 0 Å². The second-order valence-electron chi connectivity index (χ2n) is 4.69. The van der Waals surface area contributed by atoms with Gasteiger partial charge in [0.05, 0.1) is 12.2 Å². The van der Waals surface area contributed by atoms with E-state index in [0.717, 1.165) is 10.0 Å². The van der Waals surface area contributed by atoms with Crippen LogP contribution >= 0.6 is 15.9 Å². The Balaban J connectivity index is 1.88. The van der Waals surface area contributed by atoms with Gasteiger partial charge >= 0.3 is 0 Å². The van der Waals surface area contributed by atoms with E-state index in [0.29, 0.717) is 0 Å². The molecule has 0 spiro atoms. The fourth-order valence-electron chi connectivity index (χ4n) is 1.90. The highest BCUT2D eigenvalue weighted by atomic mass is 79.9. The Kier molecular flexibility index (Phi) is 5.47. The zero-order valence-electron chi connectivity index (χ0n) is 11.6. The van der Waals surface area contributed by atoms with Crippen LogP contribution in [0.2, 0.25) is 0 Å². The van der Waals surface area contributed by atoms with Crippen molar-refractivity contribution in [2.24, 2.45) is 0 Å². The van der Waals surface area contributed by atoms with Gasteiger partial charge in [0.1, 0.15) is 5.82 Å². The maximum Gasteiger partial charge on any atom is 0.238 e. The summed E-state index contributed by atoms with van der Waals surface area (Å²) in [4.78, 5) is 11.8. The molecular weight excluding hydrogens is 335 g/mol. The lowest BCUT2D eigenvalue weighted by atomic mass is 10.1. The highest BCUT2D eigenvalue weighted by molar-refractivity contribution is 9.10. The monoisotopic (exact) mass is 350 g/mol. The van der Waals surface area contributed by atoms with Gasteiger partial charge in [0, 0.05) is 10.5 Å². The Morgan fingerprint density at radius 3 is 2.71 bits per heavy atom. The van der Waals surface area contributed by atoms with E-state index in [1.54, 1.807) is 12.1 Å². The summed E-state index contributed by atoms with van der Waals surface area (Å²) in [5.74, 6) is -0.715.